The van der Waals surface area contributed by atoms with Gasteiger partial charge in [0.05, 0.1) is 12.4 Å². The fraction of sp³-hybridized carbons (Fsp3) is 0.538. The third kappa shape index (κ3) is 5.56. The lowest BCUT2D eigenvalue weighted by Crippen LogP contribution is -2.26. The van der Waals surface area contributed by atoms with Crippen LogP contribution in [0.5, 0.6) is 0 Å². The molecule has 7 heteroatoms. The number of halogens is 1. The average molecular weight is 321 g/mol. The van der Waals surface area contributed by atoms with Crippen molar-refractivity contribution >= 4 is 33.0 Å². The van der Waals surface area contributed by atoms with Crippen molar-refractivity contribution < 1.29 is 13.5 Å². The number of anilines is 2. The molecular weight excluding hydrogens is 300 g/mol. The van der Waals surface area contributed by atoms with Gasteiger partial charge in [-0.25, -0.2) is 8.42 Å². The maximum Gasteiger partial charge on any atom is 0.232 e. The van der Waals surface area contributed by atoms with Crippen LogP contribution in [0.15, 0.2) is 24.3 Å². The van der Waals surface area contributed by atoms with Gasteiger partial charge in [0.2, 0.25) is 10.0 Å². The zero-order valence-electron chi connectivity index (χ0n) is 11.5. The lowest BCUT2D eigenvalue weighted by Gasteiger charge is -2.22. The van der Waals surface area contributed by atoms with E-state index < -0.39 is 10.0 Å². The van der Waals surface area contributed by atoms with E-state index in [0.717, 1.165) is 12.2 Å². The third-order valence-corrected chi connectivity index (χ3v) is 4.44. The lowest BCUT2D eigenvalue weighted by atomic mass is 10.2. The molecule has 0 heterocycles. The number of likely N-dealkylation sites (N-methyl/N-ethyl adjacent to an activating group) is 1. The van der Waals surface area contributed by atoms with Crippen molar-refractivity contribution in [2.75, 3.05) is 41.0 Å². The summed E-state index contributed by atoms with van der Waals surface area (Å²) in [4.78, 5) is 2.01. The van der Waals surface area contributed by atoms with E-state index in [2.05, 4.69) is 4.72 Å². The van der Waals surface area contributed by atoms with Crippen LogP contribution in [0.2, 0.25) is 0 Å². The monoisotopic (exact) mass is 320 g/mol. The molecule has 2 N–H and O–H groups in total. The van der Waals surface area contributed by atoms with E-state index in [1.54, 1.807) is 12.1 Å². The minimum atomic E-state index is -3.33. The van der Waals surface area contributed by atoms with Gasteiger partial charge in [-0.1, -0.05) is 0 Å². The fourth-order valence-corrected chi connectivity index (χ4v) is 3.22. The number of benzene rings is 1. The first-order valence-corrected chi connectivity index (χ1v) is 8.73. The molecule has 0 saturated heterocycles. The van der Waals surface area contributed by atoms with Gasteiger partial charge < -0.3 is 10.0 Å². The van der Waals surface area contributed by atoms with Crippen LogP contribution in [0.3, 0.4) is 0 Å². The number of nitrogens with zero attached hydrogens (tertiary/aromatic N) is 1. The molecule has 0 aromatic heterocycles. The molecule has 0 aliphatic rings. The first kappa shape index (κ1) is 17.1. The Balaban J connectivity index is 2.71. The number of aliphatic hydroxyl groups excluding tert-OH is 1. The van der Waals surface area contributed by atoms with Gasteiger partial charge in [-0.05, 0) is 37.6 Å². The van der Waals surface area contributed by atoms with Crippen LogP contribution in [0, 0.1) is 0 Å². The Labute approximate surface area is 125 Å². The van der Waals surface area contributed by atoms with Crippen LogP contribution in [0.1, 0.15) is 13.3 Å². The molecular formula is C13H21ClN2O3S. The fourth-order valence-electron chi connectivity index (χ4n) is 1.81. The molecule has 0 fully saturated rings. The van der Waals surface area contributed by atoms with Crippen molar-refractivity contribution in [2.45, 2.75) is 13.3 Å². The van der Waals surface area contributed by atoms with E-state index in [9.17, 15) is 8.42 Å². The molecule has 1 aromatic carbocycles. The quantitative estimate of drug-likeness (QED) is 0.682. The number of hydrogen-bond donors (Lipinski definition) is 2. The van der Waals surface area contributed by atoms with Crippen molar-refractivity contribution in [3.05, 3.63) is 24.3 Å². The van der Waals surface area contributed by atoms with E-state index in [1.165, 1.54) is 0 Å². The Morgan fingerprint density at radius 2 is 1.95 bits per heavy atom. The third-order valence-electron chi connectivity index (χ3n) is 2.80. The van der Waals surface area contributed by atoms with Gasteiger partial charge in [-0.2, -0.15) is 0 Å². The zero-order chi connectivity index (χ0) is 15.0. The van der Waals surface area contributed by atoms with E-state index >= 15 is 0 Å². The number of nitrogens with one attached hydrogen (secondary N) is 1. The molecule has 1 rings (SSSR count). The van der Waals surface area contributed by atoms with Gasteiger partial charge in [-0.15, -0.1) is 11.6 Å². The summed E-state index contributed by atoms with van der Waals surface area (Å²) in [5, 5.41) is 8.97. The van der Waals surface area contributed by atoms with Crippen LogP contribution < -0.4 is 9.62 Å². The average Bonchev–Trinajstić information content (AvgIpc) is 2.43. The van der Waals surface area contributed by atoms with E-state index in [4.69, 9.17) is 16.7 Å². The van der Waals surface area contributed by atoms with Crippen LogP contribution in [0.25, 0.3) is 0 Å². The molecule has 20 heavy (non-hydrogen) atoms. The summed E-state index contributed by atoms with van der Waals surface area (Å²) in [6.07, 6.45) is 0.426. The molecule has 1 aromatic rings. The summed E-state index contributed by atoms with van der Waals surface area (Å²) in [6.45, 7) is 3.41. The van der Waals surface area contributed by atoms with Crippen molar-refractivity contribution in [3.63, 3.8) is 0 Å². The van der Waals surface area contributed by atoms with Crippen LogP contribution in [0.4, 0.5) is 11.4 Å². The van der Waals surface area contributed by atoms with Gasteiger partial charge >= 0.3 is 0 Å². The Hall–Kier alpha value is -0.980. The minimum absolute atomic E-state index is 0.0177. The molecule has 0 unspecified atom stereocenters. The summed E-state index contributed by atoms with van der Waals surface area (Å²) in [5.74, 6) is 0.344. The number of hydrogen-bond acceptors (Lipinski definition) is 4. The smallest absolute Gasteiger partial charge is 0.232 e. The predicted molar refractivity (Wildman–Crippen MR) is 84.2 cm³/mol. The highest BCUT2D eigenvalue weighted by molar-refractivity contribution is 7.92. The highest BCUT2D eigenvalue weighted by atomic mass is 35.5. The van der Waals surface area contributed by atoms with Gasteiger partial charge in [0.15, 0.2) is 0 Å². The molecule has 0 aliphatic heterocycles. The molecule has 5 nitrogen and oxygen atoms in total. The van der Waals surface area contributed by atoms with Crippen molar-refractivity contribution in [3.8, 4) is 0 Å². The summed E-state index contributed by atoms with van der Waals surface area (Å²) < 4.78 is 26.0. The topological polar surface area (TPSA) is 69.6 Å². The summed E-state index contributed by atoms with van der Waals surface area (Å²) >= 11 is 5.49. The van der Waals surface area contributed by atoms with E-state index in [-0.39, 0.29) is 12.4 Å². The van der Waals surface area contributed by atoms with Crippen LogP contribution >= 0.6 is 11.6 Å². The second-order valence-electron chi connectivity index (χ2n) is 4.31. The Bertz CT molecular complexity index is 491. The lowest BCUT2D eigenvalue weighted by molar-refractivity contribution is 0.302. The largest absolute Gasteiger partial charge is 0.395 e. The Morgan fingerprint density at radius 3 is 2.45 bits per heavy atom. The molecule has 0 amide bonds. The maximum absolute atomic E-state index is 11.7. The molecule has 0 spiro atoms. The molecule has 0 aliphatic carbocycles. The molecule has 0 radical (unpaired) electrons. The number of sulfonamides is 1. The predicted octanol–water partition coefficient (Wildman–Crippen LogP) is 1.88. The standard InChI is InChI=1S/C13H21ClN2O3S/c1-2-16(9-10-17)13-6-4-12(5-7-13)15-20(18,19)11-3-8-14/h4-7,15,17H,2-3,8-11H2,1H3. The first-order valence-electron chi connectivity index (χ1n) is 6.54. The van der Waals surface area contributed by atoms with E-state index in [1.807, 2.05) is 24.0 Å². The van der Waals surface area contributed by atoms with Crippen molar-refractivity contribution in [1.29, 1.82) is 0 Å². The molecule has 0 saturated carbocycles. The second-order valence-corrected chi connectivity index (χ2v) is 6.53. The molecule has 0 atom stereocenters. The molecule has 0 bridgehead atoms. The Kier molecular flexibility index (Phi) is 7.12. The summed E-state index contributed by atoms with van der Waals surface area (Å²) in [7, 11) is -3.33. The van der Waals surface area contributed by atoms with Gasteiger partial charge in [-0.3, -0.25) is 4.72 Å². The SMILES string of the molecule is CCN(CCO)c1ccc(NS(=O)(=O)CCCCl)cc1. The Morgan fingerprint density at radius 1 is 1.30 bits per heavy atom. The number of alkyl halides is 1. The first-order chi connectivity index (χ1) is 9.52. The van der Waals surface area contributed by atoms with E-state index in [0.29, 0.717) is 24.5 Å². The zero-order valence-corrected chi connectivity index (χ0v) is 13.1. The van der Waals surface area contributed by atoms with Crippen LogP contribution in [-0.2, 0) is 10.0 Å². The number of aliphatic hydroxyl groups is 1. The summed E-state index contributed by atoms with van der Waals surface area (Å²) in [5.41, 5.74) is 1.48. The minimum Gasteiger partial charge on any atom is -0.395 e. The summed E-state index contributed by atoms with van der Waals surface area (Å²) in [6, 6.07) is 7.10. The number of rotatable bonds is 9. The van der Waals surface area contributed by atoms with Gasteiger partial charge in [0.25, 0.3) is 0 Å². The normalized spacial score (nSPS) is 11.3. The van der Waals surface area contributed by atoms with Crippen molar-refractivity contribution in [1.82, 2.24) is 0 Å². The van der Waals surface area contributed by atoms with Crippen LogP contribution in [-0.4, -0.2) is 44.9 Å². The van der Waals surface area contributed by atoms with Gasteiger partial charge in [0, 0.05) is 30.3 Å². The highest BCUT2D eigenvalue weighted by Crippen LogP contribution is 2.18. The molecule has 114 valence electrons. The second kappa shape index (κ2) is 8.34. The van der Waals surface area contributed by atoms with Crippen molar-refractivity contribution in [2.24, 2.45) is 0 Å². The maximum atomic E-state index is 11.7. The highest BCUT2D eigenvalue weighted by Gasteiger charge is 2.10. The van der Waals surface area contributed by atoms with Gasteiger partial charge in [0.1, 0.15) is 0 Å².